The first-order valence-corrected chi connectivity index (χ1v) is 6.14. The van der Waals surface area contributed by atoms with E-state index in [1.165, 1.54) is 5.56 Å². The Balaban J connectivity index is 2.50. The van der Waals surface area contributed by atoms with Gasteiger partial charge < -0.3 is 5.32 Å². The first-order valence-electron chi connectivity index (χ1n) is 4.71. The molecule has 1 aromatic rings. The van der Waals surface area contributed by atoms with Crippen LogP contribution >= 0.6 is 23.4 Å². The summed E-state index contributed by atoms with van der Waals surface area (Å²) in [6, 6.07) is 7.72. The fraction of sp³-hybridized carbons (Fsp3) is 0.364. The van der Waals surface area contributed by atoms with Crippen LogP contribution in [0.15, 0.2) is 24.3 Å². The molecule has 2 nitrogen and oxygen atoms in total. The Hall–Kier alpha value is -0.670. The van der Waals surface area contributed by atoms with Gasteiger partial charge in [0, 0.05) is 17.3 Å². The summed E-state index contributed by atoms with van der Waals surface area (Å²) in [5.41, 5.74) is 1.19. The van der Waals surface area contributed by atoms with Crippen LogP contribution in [0.5, 0.6) is 0 Å². The van der Waals surface area contributed by atoms with Crippen molar-refractivity contribution in [1.29, 1.82) is 0 Å². The molecule has 1 amide bonds. The second-order valence-corrected chi connectivity index (χ2v) is 4.94. The van der Waals surface area contributed by atoms with E-state index in [0.717, 1.165) is 5.02 Å². The Morgan fingerprint density at radius 3 is 2.60 bits per heavy atom. The Kier molecular flexibility index (Phi) is 4.99. The third-order valence-corrected chi connectivity index (χ3v) is 3.54. The van der Waals surface area contributed by atoms with E-state index >= 15 is 0 Å². The molecule has 0 bridgehead atoms. The number of amides is 1. The van der Waals surface area contributed by atoms with Gasteiger partial charge in [-0.05, 0) is 24.6 Å². The molecule has 1 atom stereocenters. The van der Waals surface area contributed by atoms with Gasteiger partial charge in [0.2, 0.25) is 5.91 Å². The normalized spacial score (nSPS) is 12.2. The molecule has 1 N–H and O–H groups in total. The molecule has 4 heteroatoms. The van der Waals surface area contributed by atoms with E-state index < -0.39 is 0 Å². The van der Waals surface area contributed by atoms with Crippen molar-refractivity contribution >= 4 is 29.3 Å². The minimum absolute atomic E-state index is 0.0563. The number of hydrogen-bond acceptors (Lipinski definition) is 2. The Bertz CT molecular complexity index is 326. The van der Waals surface area contributed by atoms with Gasteiger partial charge in [-0.25, -0.2) is 0 Å². The molecule has 0 spiro atoms. The second kappa shape index (κ2) is 6.03. The lowest BCUT2D eigenvalue weighted by molar-refractivity contribution is -0.118. The average molecular weight is 244 g/mol. The highest BCUT2D eigenvalue weighted by Crippen LogP contribution is 2.28. The minimum Gasteiger partial charge on any atom is -0.358 e. The molecule has 1 aromatic carbocycles. The maximum Gasteiger partial charge on any atom is 0.229 e. The van der Waals surface area contributed by atoms with Crippen LogP contribution in [0.25, 0.3) is 0 Å². The number of thioether (sulfide) groups is 1. The van der Waals surface area contributed by atoms with Gasteiger partial charge in [0.25, 0.3) is 0 Å². The van der Waals surface area contributed by atoms with Crippen LogP contribution in [0, 0.1) is 0 Å². The lowest BCUT2D eigenvalue weighted by atomic mass is 10.2. The average Bonchev–Trinajstić information content (AvgIpc) is 2.26. The van der Waals surface area contributed by atoms with E-state index in [2.05, 4.69) is 12.2 Å². The highest BCUT2D eigenvalue weighted by atomic mass is 35.5. The largest absolute Gasteiger partial charge is 0.358 e. The summed E-state index contributed by atoms with van der Waals surface area (Å²) in [5, 5.41) is 3.64. The van der Waals surface area contributed by atoms with Gasteiger partial charge in [0.15, 0.2) is 0 Å². The molecule has 82 valence electrons. The standard InChI is InChI=1S/C11H14ClNOS/c1-8(15-7-11(14)13-2)9-3-5-10(12)6-4-9/h3-6,8H,7H2,1-2H3,(H,13,14)/t8-/m0/s1. The summed E-state index contributed by atoms with van der Waals surface area (Å²) in [7, 11) is 1.65. The van der Waals surface area contributed by atoms with Crippen LogP contribution < -0.4 is 5.32 Å². The number of carbonyl (C=O) groups excluding carboxylic acids is 1. The van der Waals surface area contributed by atoms with Gasteiger partial charge in [0.1, 0.15) is 0 Å². The van der Waals surface area contributed by atoms with Crippen molar-refractivity contribution in [2.45, 2.75) is 12.2 Å². The summed E-state index contributed by atoms with van der Waals surface area (Å²) in [6.45, 7) is 2.08. The van der Waals surface area contributed by atoms with Crippen molar-refractivity contribution in [2.75, 3.05) is 12.8 Å². The number of carbonyl (C=O) groups is 1. The number of halogens is 1. The predicted octanol–water partition coefficient (Wildman–Crippen LogP) is 2.88. The summed E-state index contributed by atoms with van der Waals surface area (Å²) in [4.78, 5) is 11.0. The van der Waals surface area contributed by atoms with Gasteiger partial charge in [-0.2, -0.15) is 0 Å². The highest BCUT2D eigenvalue weighted by molar-refractivity contribution is 8.00. The van der Waals surface area contributed by atoms with Crippen LogP contribution in [0.4, 0.5) is 0 Å². The summed E-state index contributed by atoms with van der Waals surface area (Å²) in [5.74, 6) is 0.543. The SMILES string of the molecule is CNC(=O)CS[C@@H](C)c1ccc(Cl)cc1. The number of rotatable bonds is 4. The van der Waals surface area contributed by atoms with Crippen molar-refractivity contribution in [1.82, 2.24) is 5.32 Å². The Labute approximate surface area is 99.4 Å². The van der Waals surface area contributed by atoms with Crippen LogP contribution in [0.1, 0.15) is 17.7 Å². The van der Waals surface area contributed by atoms with Gasteiger partial charge >= 0.3 is 0 Å². The first-order chi connectivity index (χ1) is 7.13. The van der Waals surface area contributed by atoms with E-state index in [1.807, 2.05) is 24.3 Å². The van der Waals surface area contributed by atoms with Gasteiger partial charge in [0.05, 0.1) is 5.75 Å². The third kappa shape index (κ3) is 4.14. The highest BCUT2D eigenvalue weighted by Gasteiger charge is 2.07. The van der Waals surface area contributed by atoms with Crippen LogP contribution in [-0.2, 0) is 4.79 Å². The molecule has 0 aromatic heterocycles. The summed E-state index contributed by atoms with van der Waals surface area (Å²) < 4.78 is 0. The van der Waals surface area contributed by atoms with E-state index in [9.17, 15) is 4.79 Å². The van der Waals surface area contributed by atoms with Crippen molar-refractivity contribution < 1.29 is 4.79 Å². The smallest absolute Gasteiger partial charge is 0.229 e. The number of benzene rings is 1. The van der Waals surface area contributed by atoms with Gasteiger partial charge in [-0.3, -0.25) is 4.79 Å². The zero-order chi connectivity index (χ0) is 11.3. The molecule has 0 aliphatic heterocycles. The summed E-state index contributed by atoms with van der Waals surface area (Å²) in [6.07, 6.45) is 0. The Morgan fingerprint density at radius 1 is 1.47 bits per heavy atom. The first kappa shape index (κ1) is 12.4. The number of nitrogens with one attached hydrogen (secondary N) is 1. The zero-order valence-electron chi connectivity index (χ0n) is 8.79. The molecule has 0 aliphatic carbocycles. The molecule has 0 unspecified atom stereocenters. The molecular weight excluding hydrogens is 230 g/mol. The summed E-state index contributed by atoms with van der Waals surface area (Å²) >= 11 is 7.41. The lowest BCUT2D eigenvalue weighted by Gasteiger charge is -2.10. The van der Waals surface area contributed by atoms with Crippen molar-refractivity contribution in [3.8, 4) is 0 Å². The molecule has 15 heavy (non-hydrogen) atoms. The fourth-order valence-electron chi connectivity index (χ4n) is 1.10. The van der Waals surface area contributed by atoms with Crippen LogP contribution in [-0.4, -0.2) is 18.7 Å². The molecule has 0 fully saturated rings. The lowest BCUT2D eigenvalue weighted by Crippen LogP contribution is -2.20. The Morgan fingerprint density at radius 2 is 2.07 bits per heavy atom. The van der Waals surface area contributed by atoms with Gasteiger partial charge in [-0.15, -0.1) is 11.8 Å². The molecule has 0 radical (unpaired) electrons. The molecule has 0 heterocycles. The van der Waals surface area contributed by atoms with Crippen LogP contribution in [0.2, 0.25) is 5.02 Å². The van der Waals surface area contributed by atoms with Crippen molar-refractivity contribution in [2.24, 2.45) is 0 Å². The maximum absolute atomic E-state index is 11.0. The topological polar surface area (TPSA) is 29.1 Å². The van der Waals surface area contributed by atoms with Crippen molar-refractivity contribution in [3.63, 3.8) is 0 Å². The number of hydrogen-bond donors (Lipinski definition) is 1. The van der Waals surface area contributed by atoms with Crippen molar-refractivity contribution in [3.05, 3.63) is 34.9 Å². The molecule has 1 rings (SSSR count). The third-order valence-electron chi connectivity index (χ3n) is 2.08. The van der Waals surface area contributed by atoms with E-state index in [0.29, 0.717) is 11.0 Å². The zero-order valence-corrected chi connectivity index (χ0v) is 10.4. The molecule has 0 aliphatic rings. The second-order valence-electron chi connectivity index (χ2n) is 3.18. The molecular formula is C11H14ClNOS. The van der Waals surface area contributed by atoms with Gasteiger partial charge in [-0.1, -0.05) is 23.7 Å². The van der Waals surface area contributed by atoms with E-state index in [4.69, 9.17) is 11.6 Å². The molecule has 0 saturated carbocycles. The fourth-order valence-corrected chi connectivity index (χ4v) is 2.12. The van der Waals surface area contributed by atoms with Crippen LogP contribution in [0.3, 0.4) is 0 Å². The minimum atomic E-state index is 0.0563. The maximum atomic E-state index is 11.0. The molecule has 0 saturated heterocycles. The van der Waals surface area contributed by atoms with E-state index in [1.54, 1.807) is 18.8 Å². The predicted molar refractivity (Wildman–Crippen MR) is 66.4 cm³/mol. The quantitative estimate of drug-likeness (QED) is 0.881. The monoisotopic (exact) mass is 243 g/mol. The van der Waals surface area contributed by atoms with E-state index in [-0.39, 0.29) is 5.91 Å².